The predicted octanol–water partition coefficient (Wildman–Crippen LogP) is 2.69. The number of carbonyl (C=O) groups excluding carboxylic acids is 1. The number of nitrogens with one attached hydrogen (secondary N) is 1. The molecule has 4 nitrogen and oxygen atoms in total. The second kappa shape index (κ2) is 8.03. The molecule has 122 valence electrons. The molecule has 0 fully saturated rings. The van der Waals surface area contributed by atoms with Crippen molar-refractivity contribution in [1.82, 2.24) is 10.3 Å². The number of benzene rings is 1. The van der Waals surface area contributed by atoms with Gasteiger partial charge in [0, 0.05) is 17.3 Å². The average Bonchev–Trinajstić information content (AvgIpc) is 2.55. The molecule has 7 heteroatoms. The number of aliphatic hydroxyl groups is 1. The molecule has 1 amide bonds. The summed E-state index contributed by atoms with van der Waals surface area (Å²) < 4.78 is 26.1. The van der Waals surface area contributed by atoms with Crippen LogP contribution in [0.5, 0.6) is 0 Å². The number of rotatable bonds is 6. The van der Waals surface area contributed by atoms with Gasteiger partial charge in [0.25, 0.3) is 0 Å². The van der Waals surface area contributed by atoms with Crippen molar-refractivity contribution in [2.45, 2.75) is 24.0 Å². The maximum absolute atomic E-state index is 13.2. The van der Waals surface area contributed by atoms with E-state index < -0.39 is 23.8 Å². The molecule has 0 bridgehead atoms. The maximum Gasteiger partial charge on any atom is 0.230 e. The van der Waals surface area contributed by atoms with Gasteiger partial charge in [0.05, 0.1) is 17.9 Å². The molecule has 0 saturated carbocycles. The fraction of sp³-hybridized carbons (Fsp3) is 0.250. The Bertz CT molecular complexity index is 670. The van der Waals surface area contributed by atoms with Gasteiger partial charge >= 0.3 is 0 Å². The van der Waals surface area contributed by atoms with Crippen molar-refractivity contribution in [2.24, 2.45) is 0 Å². The summed E-state index contributed by atoms with van der Waals surface area (Å²) in [5.74, 6) is -2.10. The van der Waals surface area contributed by atoms with Crippen LogP contribution in [-0.4, -0.2) is 27.8 Å². The van der Waals surface area contributed by atoms with Crippen LogP contribution in [0.4, 0.5) is 8.78 Å². The summed E-state index contributed by atoms with van der Waals surface area (Å²) in [6, 6.07) is 6.10. The molecule has 0 saturated heterocycles. The first-order valence-electron chi connectivity index (χ1n) is 6.92. The molecule has 0 spiro atoms. The lowest BCUT2D eigenvalue weighted by molar-refractivity contribution is -0.119. The third kappa shape index (κ3) is 5.01. The summed E-state index contributed by atoms with van der Waals surface area (Å²) in [4.78, 5) is 16.7. The standard InChI is InChI=1S/C16H16F2N2O2S/c1-10(16(22)11-2-3-13(17)14(18)8-11)20-15(21)9-23-12-4-6-19-7-5-12/h2-8,10,16,22H,9H2,1H3,(H,20,21). The maximum atomic E-state index is 13.2. The third-order valence-electron chi connectivity index (χ3n) is 3.17. The molecule has 1 heterocycles. The summed E-state index contributed by atoms with van der Waals surface area (Å²) in [7, 11) is 0. The molecule has 0 aliphatic rings. The van der Waals surface area contributed by atoms with Crippen LogP contribution < -0.4 is 5.32 Å². The summed E-state index contributed by atoms with van der Waals surface area (Å²) in [5, 5.41) is 12.8. The Morgan fingerprint density at radius 1 is 1.26 bits per heavy atom. The van der Waals surface area contributed by atoms with E-state index in [-0.39, 0.29) is 17.2 Å². The van der Waals surface area contributed by atoms with Crippen molar-refractivity contribution in [2.75, 3.05) is 5.75 Å². The first-order chi connectivity index (χ1) is 11.0. The Labute approximate surface area is 136 Å². The molecule has 23 heavy (non-hydrogen) atoms. The number of aromatic nitrogens is 1. The van der Waals surface area contributed by atoms with Gasteiger partial charge in [0.15, 0.2) is 11.6 Å². The van der Waals surface area contributed by atoms with Crippen molar-refractivity contribution in [1.29, 1.82) is 0 Å². The number of nitrogens with zero attached hydrogens (tertiary/aromatic N) is 1. The van der Waals surface area contributed by atoms with Crippen LogP contribution in [0, 0.1) is 11.6 Å². The second-order valence-electron chi connectivity index (χ2n) is 4.95. The zero-order valence-electron chi connectivity index (χ0n) is 12.4. The Hall–Kier alpha value is -1.99. The van der Waals surface area contributed by atoms with Crippen LogP contribution >= 0.6 is 11.8 Å². The van der Waals surface area contributed by atoms with Gasteiger partial charge in [-0.2, -0.15) is 0 Å². The number of amides is 1. The van der Waals surface area contributed by atoms with Gasteiger partial charge in [-0.3, -0.25) is 9.78 Å². The molecule has 0 aliphatic heterocycles. The van der Waals surface area contributed by atoms with E-state index in [4.69, 9.17) is 0 Å². The van der Waals surface area contributed by atoms with E-state index in [1.807, 2.05) is 0 Å². The zero-order chi connectivity index (χ0) is 16.8. The van der Waals surface area contributed by atoms with Crippen molar-refractivity contribution in [3.63, 3.8) is 0 Å². The van der Waals surface area contributed by atoms with E-state index in [0.29, 0.717) is 0 Å². The normalized spacial score (nSPS) is 13.4. The van der Waals surface area contributed by atoms with Gasteiger partial charge in [-0.1, -0.05) is 6.07 Å². The molecule has 2 N–H and O–H groups in total. The number of aliphatic hydroxyl groups excluding tert-OH is 1. The van der Waals surface area contributed by atoms with Crippen molar-refractivity contribution < 1.29 is 18.7 Å². The molecule has 2 atom stereocenters. The topological polar surface area (TPSA) is 62.2 Å². The lowest BCUT2D eigenvalue weighted by Crippen LogP contribution is -2.38. The lowest BCUT2D eigenvalue weighted by Gasteiger charge is -2.20. The SMILES string of the molecule is CC(NC(=O)CSc1ccncc1)C(O)c1ccc(F)c(F)c1. The molecule has 2 aromatic rings. The smallest absolute Gasteiger partial charge is 0.230 e. The Morgan fingerprint density at radius 2 is 1.96 bits per heavy atom. The molecular formula is C16H16F2N2O2S. The quantitative estimate of drug-likeness (QED) is 0.795. The highest BCUT2D eigenvalue weighted by Crippen LogP contribution is 2.20. The van der Waals surface area contributed by atoms with Gasteiger partial charge in [0.2, 0.25) is 5.91 Å². The fourth-order valence-corrected chi connectivity index (χ4v) is 2.64. The Kier molecular flexibility index (Phi) is 6.06. The number of hydrogen-bond donors (Lipinski definition) is 2. The fourth-order valence-electron chi connectivity index (χ4n) is 1.94. The Morgan fingerprint density at radius 3 is 2.61 bits per heavy atom. The summed E-state index contributed by atoms with van der Waals surface area (Å²) in [6.45, 7) is 1.60. The molecule has 0 radical (unpaired) electrons. The Balaban J connectivity index is 1.88. The van der Waals surface area contributed by atoms with Crippen molar-refractivity contribution in [3.05, 3.63) is 59.9 Å². The minimum Gasteiger partial charge on any atom is -0.386 e. The monoisotopic (exact) mass is 338 g/mol. The van der Waals surface area contributed by atoms with E-state index in [2.05, 4.69) is 10.3 Å². The zero-order valence-corrected chi connectivity index (χ0v) is 13.2. The highest BCUT2D eigenvalue weighted by Gasteiger charge is 2.19. The largest absolute Gasteiger partial charge is 0.386 e. The van der Waals surface area contributed by atoms with Gasteiger partial charge in [0.1, 0.15) is 0 Å². The molecule has 1 aromatic carbocycles. The number of thioether (sulfide) groups is 1. The van der Waals surface area contributed by atoms with E-state index >= 15 is 0 Å². The lowest BCUT2D eigenvalue weighted by atomic mass is 10.0. The molecule has 2 unspecified atom stereocenters. The summed E-state index contributed by atoms with van der Waals surface area (Å²) in [5.41, 5.74) is 0.207. The van der Waals surface area contributed by atoms with Crippen LogP contribution in [0.2, 0.25) is 0 Å². The average molecular weight is 338 g/mol. The summed E-state index contributed by atoms with van der Waals surface area (Å²) >= 11 is 1.34. The minimum absolute atomic E-state index is 0.179. The minimum atomic E-state index is -1.13. The molecular weight excluding hydrogens is 322 g/mol. The van der Waals surface area contributed by atoms with E-state index in [1.54, 1.807) is 31.5 Å². The van der Waals surface area contributed by atoms with Gasteiger partial charge in [-0.05, 0) is 36.8 Å². The number of pyridine rings is 1. The first kappa shape index (κ1) is 17.4. The van der Waals surface area contributed by atoms with Crippen LogP contribution in [0.15, 0.2) is 47.6 Å². The van der Waals surface area contributed by atoms with Crippen LogP contribution in [0.3, 0.4) is 0 Å². The van der Waals surface area contributed by atoms with Crippen LogP contribution in [0.1, 0.15) is 18.6 Å². The molecule has 1 aromatic heterocycles. The first-order valence-corrected chi connectivity index (χ1v) is 7.91. The van der Waals surface area contributed by atoms with Gasteiger partial charge < -0.3 is 10.4 Å². The molecule has 2 rings (SSSR count). The summed E-state index contributed by atoms with van der Waals surface area (Å²) in [6.07, 6.45) is 2.14. The van der Waals surface area contributed by atoms with Gasteiger partial charge in [-0.15, -0.1) is 11.8 Å². The number of hydrogen-bond acceptors (Lipinski definition) is 4. The van der Waals surface area contributed by atoms with Crippen molar-refractivity contribution >= 4 is 17.7 Å². The van der Waals surface area contributed by atoms with Crippen LogP contribution in [-0.2, 0) is 4.79 Å². The highest BCUT2D eigenvalue weighted by atomic mass is 32.2. The predicted molar refractivity (Wildman–Crippen MR) is 83.9 cm³/mol. The van der Waals surface area contributed by atoms with Gasteiger partial charge in [-0.25, -0.2) is 8.78 Å². The molecule has 0 aliphatic carbocycles. The van der Waals surface area contributed by atoms with Crippen molar-refractivity contribution in [3.8, 4) is 0 Å². The highest BCUT2D eigenvalue weighted by molar-refractivity contribution is 8.00. The number of halogens is 2. The van der Waals surface area contributed by atoms with E-state index in [0.717, 1.165) is 17.0 Å². The van der Waals surface area contributed by atoms with E-state index in [1.165, 1.54) is 17.8 Å². The second-order valence-corrected chi connectivity index (χ2v) is 5.99. The third-order valence-corrected chi connectivity index (χ3v) is 4.18. The van der Waals surface area contributed by atoms with Crippen LogP contribution in [0.25, 0.3) is 0 Å². The van der Waals surface area contributed by atoms with E-state index in [9.17, 15) is 18.7 Å². The number of carbonyl (C=O) groups is 1.